The van der Waals surface area contributed by atoms with Crippen molar-refractivity contribution in [3.63, 3.8) is 0 Å². The number of aliphatic hydroxyl groups excluding tert-OH is 1. The number of esters is 2. The summed E-state index contributed by atoms with van der Waals surface area (Å²) in [6, 6.07) is 0. The highest BCUT2D eigenvalue weighted by Gasteiger charge is 2.79. The van der Waals surface area contributed by atoms with Crippen molar-refractivity contribution in [1.29, 1.82) is 0 Å². The van der Waals surface area contributed by atoms with Gasteiger partial charge in [-0.05, 0) is 51.9 Å². The van der Waals surface area contributed by atoms with Crippen LogP contribution in [-0.4, -0.2) is 65.4 Å². The Morgan fingerprint density at radius 1 is 0.974 bits per heavy atom. The summed E-state index contributed by atoms with van der Waals surface area (Å²) in [6.07, 6.45) is -0.468. The third kappa shape index (κ3) is 3.02. The molecule has 9 nitrogen and oxygen atoms in total. The van der Waals surface area contributed by atoms with Crippen molar-refractivity contribution >= 4 is 23.5 Å². The van der Waals surface area contributed by atoms with Crippen LogP contribution in [0, 0.1) is 39.4 Å². The molecule has 3 aliphatic carbocycles. The molecule has 39 heavy (non-hydrogen) atoms. The summed E-state index contributed by atoms with van der Waals surface area (Å²) < 4.78 is 23.2. The lowest BCUT2D eigenvalue weighted by Crippen LogP contribution is -2.77. The average Bonchev–Trinajstić information content (AvgIpc) is 3.15. The zero-order valence-corrected chi connectivity index (χ0v) is 24.5. The molecule has 10 atom stereocenters. The molecule has 2 aliphatic heterocycles. The number of methoxy groups -OCH3 is 1. The van der Waals surface area contributed by atoms with Crippen LogP contribution in [0.2, 0.25) is 0 Å². The second-order valence-electron chi connectivity index (χ2n) is 14.0. The van der Waals surface area contributed by atoms with Crippen LogP contribution in [0.5, 0.6) is 0 Å². The van der Waals surface area contributed by atoms with E-state index in [2.05, 4.69) is 6.58 Å². The van der Waals surface area contributed by atoms with E-state index in [1.807, 2.05) is 34.6 Å². The number of cyclic esters (lactones) is 1. The summed E-state index contributed by atoms with van der Waals surface area (Å²) in [7, 11) is 1.12. The van der Waals surface area contributed by atoms with Gasteiger partial charge < -0.3 is 24.1 Å². The minimum Gasteiger partial charge on any atom is -0.466 e. The molecule has 0 bridgehead atoms. The Morgan fingerprint density at radius 3 is 2.08 bits per heavy atom. The molecular weight excluding hydrogens is 504 g/mol. The molecule has 0 aromatic heterocycles. The molecule has 2 saturated heterocycles. The summed E-state index contributed by atoms with van der Waals surface area (Å²) in [5, 5.41) is 11.9. The maximum absolute atomic E-state index is 14.4. The van der Waals surface area contributed by atoms with Gasteiger partial charge in [0.05, 0.1) is 30.7 Å². The summed E-state index contributed by atoms with van der Waals surface area (Å²) in [4.78, 5) is 54.9. The molecule has 5 fully saturated rings. The largest absolute Gasteiger partial charge is 0.466 e. The number of ether oxygens (including phenoxy) is 4. The molecule has 216 valence electrons. The van der Waals surface area contributed by atoms with Crippen LogP contribution in [0.4, 0.5) is 0 Å². The van der Waals surface area contributed by atoms with Crippen LogP contribution in [0.15, 0.2) is 12.2 Å². The van der Waals surface area contributed by atoms with E-state index in [4.69, 9.17) is 18.9 Å². The van der Waals surface area contributed by atoms with Crippen molar-refractivity contribution in [1.82, 2.24) is 0 Å². The topological polar surface area (TPSA) is 125 Å². The van der Waals surface area contributed by atoms with Crippen molar-refractivity contribution in [2.45, 2.75) is 104 Å². The van der Waals surface area contributed by atoms with Crippen molar-refractivity contribution in [3.05, 3.63) is 12.2 Å². The van der Waals surface area contributed by atoms with Crippen LogP contribution in [0.3, 0.4) is 0 Å². The predicted octanol–water partition coefficient (Wildman–Crippen LogP) is 3.16. The standard InChI is InChI=1S/C30H42O9/c1-14-13-17-26(6)11-12-30(37-15(2)16(3)38-30)25(4,5)19(26)18(31)21(32)28(17,8)20-22(33)39-29(9,24(35)36-10)23(34)27(14,20)7/h15-17,19-21,32H,1,11-13H2,2-10H3/t15-,16-,17-,19+,20+,21+,26-,27+,28-,29-/m0/s1. The second-order valence-corrected chi connectivity index (χ2v) is 14.0. The number of carbonyl (C=O) groups excluding carboxylic acids is 4. The number of ketones is 2. The Labute approximate surface area is 229 Å². The minimum atomic E-state index is -2.15. The van der Waals surface area contributed by atoms with E-state index in [0.717, 1.165) is 7.11 Å². The zero-order valence-electron chi connectivity index (χ0n) is 24.5. The van der Waals surface area contributed by atoms with Crippen molar-refractivity contribution < 1.29 is 43.2 Å². The molecule has 9 heteroatoms. The number of Topliss-reactive ketones (excluding diaryl/α,β-unsaturated/α-hetero) is 2. The average molecular weight is 547 g/mol. The number of aliphatic hydroxyl groups is 1. The van der Waals surface area contributed by atoms with Crippen molar-refractivity contribution in [2.24, 2.45) is 39.4 Å². The number of rotatable bonds is 1. The van der Waals surface area contributed by atoms with E-state index in [1.54, 1.807) is 13.8 Å². The van der Waals surface area contributed by atoms with E-state index in [-0.39, 0.29) is 18.1 Å². The second kappa shape index (κ2) is 8.01. The van der Waals surface area contributed by atoms with Gasteiger partial charge in [-0.1, -0.05) is 39.8 Å². The highest BCUT2D eigenvalue weighted by Crippen LogP contribution is 2.73. The van der Waals surface area contributed by atoms with Crippen LogP contribution in [0.25, 0.3) is 0 Å². The molecule has 0 radical (unpaired) electrons. The molecule has 0 aromatic carbocycles. The Morgan fingerprint density at radius 2 is 1.54 bits per heavy atom. The predicted molar refractivity (Wildman–Crippen MR) is 138 cm³/mol. The number of hydrogen-bond acceptors (Lipinski definition) is 9. The van der Waals surface area contributed by atoms with E-state index in [0.29, 0.717) is 24.8 Å². The summed E-state index contributed by atoms with van der Waals surface area (Å²) in [5.41, 5.74) is -6.01. The highest BCUT2D eigenvalue weighted by atomic mass is 16.8. The first-order valence-corrected chi connectivity index (χ1v) is 13.9. The van der Waals surface area contributed by atoms with Gasteiger partial charge in [-0.3, -0.25) is 14.4 Å². The molecule has 3 saturated carbocycles. The Bertz CT molecular complexity index is 1180. The van der Waals surface area contributed by atoms with Crippen LogP contribution in [-0.2, 0) is 38.1 Å². The molecule has 1 N–H and O–H groups in total. The molecule has 0 unspecified atom stereocenters. The van der Waals surface area contributed by atoms with Crippen molar-refractivity contribution in [3.8, 4) is 0 Å². The van der Waals surface area contributed by atoms with Gasteiger partial charge in [0.1, 0.15) is 6.10 Å². The first kappa shape index (κ1) is 28.4. The van der Waals surface area contributed by atoms with Crippen LogP contribution < -0.4 is 0 Å². The van der Waals surface area contributed by atoms with E-state index in [1.165, 1.54) is 6.92 Å². The van der Waals surface area contributed by atoms with Gasteiger partial charge in [0.15, 0.2) is 17.4 Å². The van der Waals surface area contributed by atoms with Gasteiger partial charge >= 0.3 is 11.9 Å². The van der Waals surface area contributed by atoms with Gasteiger partial charge in [-0.25, -0.2) is 4.79 Å². The SMILES string of the molecule is C=C1C[C@H]2[C@]3(C)CCC4(O[C@@H](C)[C@H](C)O4)C(C)(C)[C@H]3C(=O)[C@@H](O)[C@]2(C)[C@@H]2C(=O)O[C@](C)(C(=O)OC)C(=O)[C@]12C. The van der Waals surface area contributed by atoms with Gasteiger partial charge in [0.2, 0.25) is 0 Å². The smallest absolute Gasteiger partial charge is 0.358 e. The molecule has 1 spiro atoms. The summed E-state index contributed by atoms with van der Waals surface area (Å²) >= 11 is 0. The van der Waals surface area contributed by atoms with Crippen molar-refractivity contribution in [2.75, 3.05) is 7.11 Å². The number of hydrogen-bond donors (Lipinski definition) is 1. The molecule has 5 aliphatic rings. The summed E-state index contributed by atoms with van der Waals surface area (Å²) in [5.74, 6) is -6.06. The molecule has 0 aromatic rings. The minimum absolute atomic E-state index is 0.148. The summed E-state index contributed by atoms with van der Waals surface area (Å²) in [6.45, 7) is 18.7. The van der Waals surface area contributed by atoms with Gasteiger partial charge in [0, 0.05) is 23.2 Å². The first-order valence-electron chi connectivity index (χ1n) is 13.9. The van der Waals surface area contributed by atoms with E-state index < -0.39 is 74.5 Å². The molecule has 0 amide bonds. The maximum Gasteiger partial charge on any atom is 0.358 e. The zero-order chi connectivity index (χ0) is 29.3. The quantitative estimate of drug-likeness (QED) is 0.300. The highest BCUT2D eigenvalue weighted by molar-refractivity contribution is 6.15. The number of allylic oxidation sites excluding steroid dienone is 1. The Balaban J connectivity index is 1.65. The van der Waals surface area contributed by atoms with Gasteiger partial charge in [-0.15, -0.1) is 0 Å². The van der Waals surface area contributed by atoms with E-state index in [9.17, 15) is 24.3 Å². The lowest BCUT2D eigenvalue weighted by molar-refractivity contribution is -0.311. The Hall–Kier alpha value is -2.10. The third-order valence-electron chi connectivity index (χ3n) is 11.9. The number of fused-ring (bicyclic) bond motifs is 5. The maximum atomic E-state index is 14.4. The first-order chi connectivity index (χ1) is 17.8. The molecular formula is C30H42O9. The van der Waals surface area contributed by atoms with Crippen LogP contribution >= 0.6 is 0 Å². The lowest BCUT2D eigenvalue weighted by atomic mass is 9.34. The molecule has 5 rings (SSSR count). The fraction of sp³-hybridized carbons (Fsp3) is 0.800. The van der Waals surface area contributed by atoms with Crippen LogP contribution in [0.1, 0.15) is 74.7 Å². The van der Waals surface area contributed by atoms with E-state index >= 15 is 0 Å². The fourth-order valence-electron chi connectivity index (χ4n) is 9.62. The monoisotopic (exact) mass is 546 g/mol. The fourth-order valence-corrected chi connectivity index (χ4v) is 9.62. The van der Waals surface area contributed by atoms with Gasteiger partial charge in [-0.2, -0.15) is 0 Å². The Kier molecular flexibility index (Phi) is 5.84. The lowest BCUT2D eigenvalue weighted by Gasteiger charge is -2.70. The van der Waals surface area contributed by atoms with Gasteiger partial charge in [0.25, 0.3) is 5.60 Å². The normalized spacial score (nSPS) is 50.1. The number of carbonyl (C=O) groups is 4. The third-order valence-corrected chi connectivity index (χ3v) is 11.9. The molecule has 2 heterocycles.